The lowest BCUT2D eigenvalue weighted by atomic mass is 10.1. The molecule has 2 N–H and O–H groups in total. The van der Waals surface area contributed by atoms with Crippen LogP contribution in [0.15, 0.2) is 0 Å². The minimum atomic E-state index is -0.479. The Bertz CT molecular complexity index is 155. The van der Waals surface area contributed by atoms with Gasteiger partial charge >= 0.3 is 5.97 Å². The van der Waals surface area contributed by atoms with Crippen LogP contribution in [0.1, 0.15) is 34.1 Å². The molecule has 0 bridgehead atoms. The Labute approximate surface area is 80.6 Å². The number of hydrogen-bond acceptors (Lipinski definition) is 3. The lowest BCUT2D eigenvalue weighted by molar-refractivity contribution is -0.146. The molecule has 13 heavy (non-hydrogen) atoms. The number of carbonyl (C=O) groups excluding carboxylic acids is 1. The number of carbonyl (C=O) groups is 1. The molecule has 0 rings (SSSR count). The van der Waals surface area contributed by atoms with Gasteiger partial charge in [0, 0.05) is 0 Å². The second-order valence-corrected chi connectivity index (χ2v) is 4.12. The van der Waals surface area contributed by atoms with Crippen molar-refractivity contribution in [2.75, 3.05) is 6.61 Å². The predicted octanol–water partition coefficient (Wildman–Crippen LogP) is 1.56. The fourth-order valence-electron chi connectivity index (χ4n) is 0.764. The average molecular weight is 187 g/mol. The van der Waals surface area contributed by atoms with Gasteiger partial charge in [0.1, 0.15) is 6.04 Å². The first-order valence-corrected chi connectivity index (χ1v) is 4.87. The maximum absolute atomic E-state index is 11.2. The third kappa shape index (κ3) is 5.64. The molecule has 3 heteroatoms. The van der Waals surface area contributed by atoms with Gasteiger partial charge in [-0.25, -0.2) is 0 Å². The summed E-state index contributed by atoms with van der Waals surface area (Å²) >= 11 is 0. The predicted molar refractivity (Wildman–Crippen MR) is 53.2 cm³/mol. The van der Waals surface area contributed by atoms with E-state index in [4.69, 9.17) is 10.5 Å². The van der Waals surface area contributed by atoms with E-state index in [0.717, 1.165) is 6.42 Å². The molecular formula is C10H21NO2. The number of ether oxygens (including phenoxy) is 1. The first-order chi connectivity index (χ1) is 5.95. The van der Waals surface area contributed by atoms with Crippen LogP contribution in [0.2, 0.25) is 0 Å². The first kappa shape index (κ1) is 12.4. The molecule has 0 heterocycles. The Balaban J connectivity index is 3.62. The summed E-state index contributed by atoms with van der Waals surface area (Å²) in [6, 6.07) is -0.479. The van der Waals surface area contributed by atoms with Gasteiger partial charge in [-0.3, -0.25) is 4.79 Å². The summed E-state index contributed by atoms with van der Waals surface area (Å²) in [6.45, 7) is 8.49. The molecule has 0 saturated carbocycles. The van der Waals surface area contributed by atoms with Crippen LogP contribution in [0, 0.1) is 11.8 Å². The Morgan fingerprint density at radius 2 is 1.85 bits per heavy atom. The lowest BCUT2D eigenvalue weighted by Gasteiger charge is -2.14. The summed E-state index contributed by atoms with van der Waals surface area (Å²) in [5, 5.41) is 0. The van der Waals surface area contributed by atoms with Crippen LogP contribution in [-0.2, 0) is 9.53 Å². The SMILES string of the molecule is CC(C)CCOC(=O)[C@H](N)C(C)C. The van der Waals surface area contributed by atoms with Crippen molar-refractivity contribution in [3.05, 3.63) is 0 Å². The van der Waals surface area contributed by atoms with E-state index < -0.39 is 6.04 Å². The second-order valence-electron chi connectivity index (χ2n) is 4.12. The number of hydrogen-bond donors (Lipinski definition) is 1. The molecule has 3 nitrogen and oxygen atoms in total. The van der Waals surface area contributed by atoms with Gasteiger partial charge in [-0.1, -0.05) is 27.7 Å². The molecular weight excluding hydrogens is 166 g/mol. The van der Waals surface area contributed by atoms with Crippen LogP contribution < -0.4 is 5.73 Å². The van der Waals surface area contributed by atoms with Crippen molar-refractivity contribution < 1.29 is 9.53 Å². The molecule has 78 valence electrons. The molecule has 0 amide bonds. The van der Waals surface area contributed by atoms with Gasteiger partial charge in [0.2, 0.25) is 0 Å². The van der Waals surface area contributed by atoms with Crippen molar-refractivity contribution in [3.8, 4) is 0 Å². The van der Waals surface area contributed by atoms with Gasteiger partial charge in [0.15, 0.2) is 0 Å². The summed E-state index contributed by atoms with van der Waals surface area (Å²) in [5.74, 6) is 0.422. The Hall–Kier alpha value is -0.570. The zero-order valence-corrected chi connectivity index (χ0v) is 9.04. The first-order valence-electron chi connectivity index (χ1n) is 4.87. The third-order valence-corrected chi connectivity index (χ3v) is 1.93. The maximum atomic E-state index is 11.2. The molecule has 0 radical (unpaired) electrons. The molecule has 0 aromatic heterocycles. The van der Waals surface area contributed by atoms with Crippen molar-refractivity contribution in [1.82, 2.24) is 0 Å². The number of nitrogens with two attached hydrogens (primary N) is 1. The van der Waals surface area contributed by atoms with Crippen LogP contribution in [0.25, 0.3) is 0 Å². The van der Waals surface area contributed by atoms with Crippen LogP contribution >= 0.6 is 0 Å². The van der Waals surface area contributed by atoms with Crippen molar-refractivity contribution in [2.45, 2.75) is 40.2 Å². The summed E-state index contributed by atoms with van der Waals surface area (Å²) < 4.78 is 5.01. The minimum absolute atomic E-state index is 0.145. The quantitative estimate of drug-likeness (QED) is 0.664. The normalized spacial score (nSPS) is 13.5. The molecule has 0 aliphatic carbocycles. The highest BCUT2D eigenvalue weighted by Gasteiger charge is 2.18. The van der Waals surface area contributed by atoms with Crippen LogP contribution in [0.3, 0.4) is 0 Å². The smallest absolute Gasteiger partial charge is 0.323 e. The fourth-order valence-corrected chi connectivity index (χ4v) is 0.764. The van der Waals surface area contributed by atoms with Crippen LogP contribution in [0.5, 0.6) is 0 Å². The lowest BCUT2D eigenvalue weighted by Crippen LogP contribution is -2.37. The van der Waals surface area contributed by atoms with Gasteiger partial charge in [-0.05, 0) is 18.3 Å². The van der Waals surface area contributed by atoms with E-state index in [1.54, 1.807) is 0 Å². The standard InChI is InChI=1S/C10H21NO2/c1-7(2)5-6-13-10(12)9(11)8(3)4/h7-9H,5-6,11H2,1-4H3/t9-/m1/s1. The fraction of sp³-hybridized carbons (Fsp3) is 0.900. The van der Waals surface area contributed by atoms with Crippen molar-refractivity contribution in [2.24, 2.45) is 17.6 Å². The third-order valence-electron chi connectivity index (χ3n) is 1.93. The Kier molecular flexibility index (Phi) is 5.71. The van der Waals surface area contributed by atoms with E-state index in [-0.39, 0.29) is 11.9 Å². The maximum Gasteiger partial charge on any atom is 0.323 e. The number of esters is 1. The van der Waals surface area contributed by atoms with Crippen molar-refractivity contribution in [1.29, 1.82) is 0 Å². The van der Waals surface area contributed by atoms with Crippen molar-refractivity contribution >= 4 is 5.97 Å². The van der Waals surface area contributed by atoms with Gasteiger partial charge < -0.3 is 10.5 Å². The highest BCUT2D eigenvalue weighted by atomic mass is 16.5. The Morgan fingerprint density at radius 3 is 2.23 bits per heavy atom. The monoisotopic (exact) mass is 187 g/mol. The summed E-state index contributed by atoms with van der Waals surface area (Å²) in [4.78, 5) is 11.2. The molecule has 0 aliphatic rings. The van der Waals surface area contributed by atoms with Gasteiger partial charge in [0.25, 0.3) is 0 Å². The Morgan fingerprint density at radius 1 is 1.31 bits per heavy atom. The average Bonchev–Trinajstić information content (AvgIpc) is 2.02. The minimum Gasteiger partial charge on any atom is -0.465 e. The van der Waals surface area contributed by atoms with E-state index in [9.17, 15) is 4.79 Å². The highest BCUT2D eigenvalue weighted by Crippen LogP contribution is 2.03. The van der Waals surface area contributed by atoms with E-state index in [1.165, 1.54) is 0 Å². The topological polar surface area (TPSA) is 52.3 Å². The zero-order chi connectivity index (χ0) is 10.4. The van der Waals surface area contributed by atoms with Crippen LogP contribution in [-0.4, -0.2) is 18.6 Å². The number of rotatable bonds is 5. The van der Waals surface area contributed by atoms with E-state index in [1.807, 2.05) is 13.8 Å². The van der Waals surface area contributed by atoms with Crippen molar-refractivity contribution in [3.63, 3.8) is 0 Å². The molecule has 0 aromatic carbocycles. The van der Waals surface area contributed by atoms with E-state index in [2.05, 4.69) is 13.8 Å². The van der Waals surface area contributed by atoms with Gasteiger partial charge in [-0.2, -0.15) is 0 Å². The molecule has 0 aromatic rings. The van der Waals surface area contributed by atoms with Gasteiger partial charge in [0.05, 0.1) is 6.61 Å². The molecule has 0 fully saturated rings. The molecule has 0 unspecified atom stereocenters. The summed E-state index contributed by atoms with van der Waals surface area (Å²) in [6.07, 6.45) is 0.899. The largest absolute Gasteiger partial charge is 0.465 e. The van der Waals surface area contributed by atoms with E-state index in [0.29, 0.717) is 12.5 Å². The summed E-state index contributed by atoms with van der Waals surface area (Å²) in [5.41, 5.74) is 5.60. The highest BCUT2D eigenvalue weighted by molar-refractivity contribution is 5.75. The second kappa shape index (κ2) is 5.97. The molecule has 1 atom stereocenters. The molecule has 0 aliphatic heterocycles. The van der Waals surface area contributed by atoms with Crippen LogP contribution in [0.4, 0.5) is 0 Å². The molecule has 0 saturated heterocycles. The molecule has 0 spiro atoms. The van der Waals surface area contributed by atoms with E-state index >= 15 is 0 Å². The van der Waals surface area contributed by atoms with Gasteiger partial charge in [-0.15, -0.1) is 0 Å². The summed E-state index contributed by atoms with van der Waals surface area (Å²) in [7, 11) is 0. The zero-order valence-electron chi connectivity index (χ0n) is 9.04.